The molecule has 2 aliphatic heterocycles. The van der Waals surface area contributed by atoms with Crippen LogP contribution in [0.25, 0.3) is 0 Å². The van der Waals surface area contributed by atoms with E-state index in [1.807, 2.05) is 48.5 Å². The van der Waals surface area contributed by atoms with Gasteiger partial charge in [0.15, 0.2) is 0 Å². The Bertz CT molecular complexity index is 1410. The molecule has 6 rings (SSSR count). The molecular formula is C32H28O8. The van der Waals surface area contributed by atoms with E-state index in [1.165, 1.54) is 0 Å². The van der Waals surface area contributed by atoms with E-state index in [0.717, 1.165) is 22.3 Å². The second-order valence-corrected chi connectivity index (χ2v) is 9.45. The molecule has 0 fully saturated rings. The topological polar surface area (TPSA) is 112 Å². The lowest BCUT2D eigenvalue weighted by Gasteiger charge is -2.25. The summed E-state index contributed by atoms with van der Waals surface area (Å²) in [4.78, 5) is 23.5. The fourth-order valence-electron chi connectivity index (χ4n) is 4.93. The first-order valence-corrected chi connectivity index (χ1v) is 12.7. The number of benzene rings is 4. The highest BCUT2D eigenvalue weighted by Gasteiger charge is 2.30. The maximum Gasteiger partial charge on any atom is 0.312 e. The first kappa shape index (κ1) is 26.6. The number of hydrogen-bond donors (Lipinski definition) is 2. The SMILES string of the molecule is COc1ccc2c(c1)OC(=O)C[C@@H]2c1ccc(O)cc1.COc1ccc2c(c1)OC(=O)C[C@H]2c1ccc(O)cc1. The van der Waals surface area contributed by atoms with Gasteiger partial charge in [-0.25, -0.2) is 0 Å². The first-order valence-electron chi connectivity index (χ1n) is 12.7. The highest BCUT2D eigenvalue weighted by atomic mass is 16.5. The quantitative estimate of drug-likeness (QED) is 0.251. The average molecular weight is 541 g/mol. The van der Waals surface area contributed by atoms with Crippen LogP contribution in [-0.2, 0) is 9.59 Å². The number of rotatable bonds is 4. The van der Waals surface area contributed by atoms with E-state index >= 15 is 0 Å². The first-order chi connectivity index (χ1) is 19.3. The van der Waals surface area contributed by atoms with Crippen molar-refractivity contribution in [1.29, 1.82) is 0 Å². The standard InChI is InChI=1S/2C16H14O4/c2*1-19-12-6-7-13-14(9-16(18)20-15(13)8-12)10-2-4-11(17)5-3-10/h2*2-8,14,17H,9H2,1H3/t2*14-/m10/s1. The van der Waals surface area contributed by atoms with Crippen LogP contribution in [0.1, 0.15) is 46.9 Å². The van der Waals surface area contributed by atoms with Gasteiger partial charge in [0.1, 0.15) is 34.5 Å². The van der Waals surface area contributed by atoms with E-state index in [-0.39, 0.29) is 35.3 Å². The van der Waals surface area contributed by atoms with Crippen LogP contribution in [-0.4, -0.2) is 36.4 Å². The molecule has 2 atom stereocenters. The lowest BCUT2D eigenvalue weighted by molar-refractivity contribution is -0.136. The molecule has 0 saturated carbocycles. The average Bonchev–Trinajstić information content (AvgIpc) is 2.96. The minimum atomic E-state index is -0.260. The third-order valence-corrected chi connectivity index (χ3v) is 6.97. The number of phenols is 2. The van der Waals surface area contributed by atoms with E-state index in [4.69, 9.17) is 18.9 Å². The zero-order valence-corrected chi connectivity index (χ0v) is 22.0. The van der Waals surface area contributed by atoms with Crippen molar-refractivity contribution >= 4 is 11.9 Å². The molecule has 0 unspecified atom stereocenters. The number of aromatic hydroxyl groups is 2. The van der Waals surface area contributed by atoms with Crippen molar-refractivity contribution in [3.05, 3.63) is 107 Å². The van der Waals surface area contributed by atoms with E-state index in [9.17, 15) is 19.8 Å². The summed E-state index contributed by atoms with van der Waals surface area (Å²) < 4.78 is 20.9. The zero-order chi connectivity index (χ0) is 28.2. The number of fused-ring (bicyclic) bond motifs is 2. The minimum absolute atomic E-state index is 0.0576. The molecule has 0 aromatic heterocycles. The molecule has 0 saturated heterocycles. The Balaban J connectivity index is 0.000000161. The summed E-state index contributed by atoms with van der Waals surface area (Å²) in [5, 5.41) is 18.7. The summed E-state index contributed by atoms with van der Waals surface area (Å²) in [5.41, 5.74) is 3.86. The molecule has 0 radical (unpaired) electrons. The van der Waals surface area contributed by atoms with E-state index in [2.05, 4.69) is 0 Å². The molecule has 2 aliphatic rings. The van der Waals surface area contributed by atoms with Crippen molar-refractivity contribution in [2.45, 2.75) is 24.7 Å². The molecule has 2 N–H and O–H groups in total. The molecule has 0 bridgehead atoms. The van der Waals surface area contributed by atoms with Crippen molar-refractivity contribution in [2.24, 2.45) is 0 Å². The monoisotopic (exact) mass is 540 g/mol. The van der Waals surface area contributed by atoms with Crippen LogP contribution in [0.5, 0.6) is 34.5 Å². The van der Waals surface area contributed by atoms with Gasteiger partial charge in [-0.05, 0) is 47.5 Å². The van der Waals surface area contributed by atoms with Gasteiger partial charge in [-0.2, -0.15) is 0 Å². The summed E-state index contributed by atoms with van der Waals surface area (Å²) >= 11 is 0. The van der Waals surface area contributed by atoms with Gasteiger partial charge in [-0.15, -0.1) is 0 Å². The molecule has 0 aliphatic carbocycles. The van der Waals surface area contributed by atoms with Gasteiger partial charge in [-0.3, -0.25) is 9.59 Å². The lowest BCUT2D eigenvalue weighted by atomic mass is 9.86. The Hall–Kier alpha value is -4.98. The Kier molecular flexibility index (Phi) is 7.59. The number of carbonyl (C=O) groups is 2. The van der Waals surface area contributed by atoms with Crippen LogP contribution in [0.4, 0.5) is 0 Å². The number of hydrogen-bond acceptors (Lipinski definition) is 8. The number of ether oxygens (including phenoxy) is 4. The van der Waals surface area contributed by atoms with E-state index in [0.29, 0.717) is 35.8 Å². The molecule has 0 spiro atoms. The third kappa shape index (κ3) is 5.71. The second kappa shape index (κ2) is 11.4. The largest absolute Gasteiger partial charge is 0.508 e. The lowest BCUT2D eigenvalue weighted by Crippen LogP contribution is -2.20. The molecule has 4 aromatic rings. The van der Waals surface area contributed by atoms with Gasteiger partial charge >= 0.3 is 11.9 Å². The molecule has 204 valence electrons. The number of carbonyl (C=O) groups excluding carboxylic acids is 2. The zero-order valence-electron chi connectivity index (χ0n) is 22.0. The maximum atomic E-state index is 11.8. The molecule has 8 heteroatoms. The second-order valence-electron chi connectivity index (χ2n) is 9.45. The van der Waals surface area contributed by atoms with Crippen molar-refractivity contribution < 1.29 is 38.7 Å². The van der Waals surface area contributed by atoms with E-state index < -0.39 is 0 Å². The van der Waals surface area contributed by atoms with Crippen LogP contribution in [0.3, 0.4) is 0 Å². The fraction of sp³-hybridized carbons (Fsp3) is 0.188. The highest BCUT2D eigenvalue weighted by molar-refractivity contribution is 5.78. The summed E-state index contributed by atoms with van der Waals surface area (Å²) in [5.74, 6) is 2.18. The van der Waals surface area contributed by atoms with Gasteiger partial charge < -0.3 is 29.2 Å². The van der Waals surface area contributed by atoms with Crippen LogP contribution in [0, 0.1) is 0 Å². The molecule has 0 amide bonds. The van der Waals surface area contributed by atoms with Gasteiger partial charge in [-0.1, -0.05) is 36.4 Å². The maximum absolute atomic E-state index is 11.8. The van der Waals surface area contributed by atoms with Gasteiger partial charge in [0, 0.05) is 35.1 Å². The third-order valence-electron chi connectivity index (χ3n) is 6.97. The molecule has 2 heterocycles. The van der Waals surface area contributed by atoms with Gasteiger partial charge in [0.05, 0.1) is 27.1 Å². The van der Waals surface area contributed by atoms with Crippen LogP contribution < -0.4 is 18.9 Å². The van der Waals surface area contributed by atoms with Crippen molar-refractivity contribution in [3.63, 3.8) is 0 Å². The normalized spacial score (nSPS) is 17.2. The predicted octanol–water partition coefficient (Wildman–Crippen LogP) is 5.68. The summed E-state index contributed by atoms with van der Waals surface area (Å²) in [6.45, 7) is 0. The van der Waals surface area contributed by atoms with Crippen molar-refractivity contribution in [1.82, 2.24) is 0 Å². The highest BCUT2D eigenvalue weighted by Crippen LogP contribution is 2.42. The number of esters is 2. The van der Waals surface area contributed by atoms with Crippen molar-refractivity contribution in [2.75, 3.05) is 14.2 Å². The summed E-state index contributed by atoms with van der Waals surface area (Å²) in [7, 11) is 3.15. The number of methoxy groups -OCH3 is 2. The van der Waals surface area contributed by atoms with Gasteiger partial charge in [0.25, 0.3) is 0 Å². The van der Waals surface area contributed by atoms with Crippen LogP contribution >= 0.6 is 0 Å². The summed E-state index contributed by atoms with van der Waals surface area (Å²) in [6, 6.07) is 24.8. The molecule has 4 aromatic carbocycles. The van der Waals surface area contributed by atoms with Crippen molar-refractivity contribution in [3.8, 4) is 34.5 Å². The Morgan fingerprint density at radius 3 is 1.32 bits per heavy atom. The molecule has 40 heavy (non-hydrogen) atoms. The Labute approximate surface area is 231 Å². The van der Waals surface area contributed by atoms with Gasteiger partial charge in [0.2, 0.25) is 0 Å². The van der Waals surface area contributed by atoms with Crippen LogP contribution in [0.2, 0.25) is 0 Å². The minimum Gasteiger partial charge on any atom is -0.508 e. The smallest absolute Gasteiger partial charge is 0.312 e. The Morgan fingerprint density at radius 1 is 0.600 bits per heavy atom. The Morgan fingerprint density at radius 2 is 0.975 bits per heavy atom. The van der Waals surface area contributed by atoms with E-state index in [1.54, 1.807) is 50.6 Å². The fourth-order valence-corrected chi connectivity index (χ4v) is 4.93. The number of phenolic OH excluding ortho intramolecular Hbond substituents is 2. The van der Waals surface area contributed by atoms with Crippen LogP contribution in [0.15, 0.2) is 84.9 Å². The molecular weight excluding hydrogens is 512 g/mol. The summed E-state index contributed by atoms with van der Waals surface area (Å²) in [6.07, 6.45) is 0.591. The predicted molar refractivity (Wildman–Crippen MR) is 146 cm³/mol. The molecule has 8 nitrogen and oxygen atoms in total.